The molecule has 4 heterocycles. The molecule has 0 unspecified atom stereocenters. The van der Waals surface area contributed by atoms with E-state index in [9.17, 15) is 9.59 Å². The maximum Gasteiger partial charge on any atom is 0.274 e. The minimum absolute atomic E-state index is 0.0417. The van der Waals surface area contributed by atoms with Crippen molar-refractivity contribution in [3.05, 3.63) is 70.9 Å². The van der Waals surface area contributed by atoms with Crippen molar-refractivity contribution in [3.63, 3.8) is 0 Å². The summed E-state index contributed by atoms with van der Waals surface area (Å²) in [6.45, 7) is 8.40. The molecule has 8 heteroatoms. The molecule has 33 heavy (non-hydrogen) atoms. The molecule has 0 N–H and O–H groups in total. The Hall–Kier alpha value is -3.55. The number of aromatic nitrogens is 2. The molecule has 8 nitrogen and oxygen atoms in total. The van der Waals surface area contributed by atoms with Gasteiger partial charge in [0.05, 0.1) is 18.4 Å². The lowest BCUT2D eigenvalue weighted by Crippen LogP contribution is -2.49. The van der Waals surface area contributed by atoms with Crippen LogP contribution in [0.25, 0.3) is 0 Å². The van der Waals surface area contributed by atoms with E-state index in [-0.39, 0.29) is 11.8 Å². The molecule has 172 valence electrons. The number of rotatable bonds is 4. The predicted molar refractivity (Wildman–Crippen MR) is 124 cm³/mol. The lowest BCUT2D eigenvalue weighted by Gasteiger charge is -2.36. The van der Waals surface area contributed by atoms with E-state index in [0.29, 0.717) is 56.2 Å². The molecule has 2 aliphatic rings. The van der Waals surface area contributed by atoms with Gasteiger partial charge in [-0.25, -0.2) is 0 Å². The van der Waals surface area contributed by atoms with Gasteiger partial charge >= 0.3 is 0 Å². The van der Waals surface area contributed by atoms with E-state index in [1.807, 2.05) is 34.7 Å². The molecule has 5 rings (SSSR count). The molecule has 0 atom stereocenters. The second-order valence-electron chi connectivity index (χ2n) is 8.57. The zero-order valence-corrected chi connectivity index (χ0v) is 19.2. The van der Waals surface area contributed by atoms with Crippen LogP contribution in [-0.2, 0) is 19.5 Å². The van der Waals surface area contributed by atoms with Crippen LogP contribution >= 0.6 is 0 Å². The van der Waals surface area contributed by atoms with Crippen LogP contribution in [0, 0.1) is 6.92 Å². The van der Waals surface area contributed by atoms with Gasteiger partial charge in [-0.1, -0.05) is 18.2 Å². The van der Waals surface area contributed by atoms with Gasteiger partial charge in [-0.05, 0) is 32.0 Å². The van der Waals surface area contributed by atoms with Gasteiger partial charge in [0.15, 0.2) is 5.69 Å². The van der Waals surface area contributed by atoms with E-state index in [0.717, 1.165) is 24.3 Å². The number of hydrogen-bond acceptors (Lipinski definition) is 5. The Labute approximate surface area is 193 Å². The highest BCUT2D eigenvalue weighted by Crippen LogP contribution is 2.26. The third-order valence-electron chi connectivity index (χ3n) is 6.70. The Morgan fingerprint density at radius 3 is 2.39 bits per heavy atom. The summed E-state index contributed by atoms with van der Waals surface area (Å²) in [6, 6.07) is 12.0. The predicted octanol–water partition coefficient (Wildman–Crippen LogP) is 2.97. The van der Waals surface area contributed by atoms with Gasteiger partial charge < -0.3 is 19.1 Å². The summed E-state index contributed by atoms with van der Waals surface area (Å²) in [4.78, 5) is 32.6. The van der Waals surface area contributed by atoms with Crippen molar-refractivity contribution in [2.45, 2.75) is 33.4 Å². The van der Waals surface area contributed by atoms with Gasteiger partial charge in [0.25, 0.3) is 11.8 Å². The molecule has 3 aromatic rings. The summed E-state index contributed by atoms with van der Waals surface area (Å²) in [5, 5.41) is 4.69. The molecule has 0 aliphatic carbocycles. The molecule has 0 radical (unpaired) electrons. The summed E-state index contributed by atoms with van der Waals surface area (Å²) in [5.41, 5.74) is 4.19. The van der Waals surface area contributed by atoms with Crippen LogP contribution in [0.1, 0.15) is 44.8 Å². The van der Waals surface area contributed by atoms with Crippen molar-refractivity contribution in [2.24, 2.45) is 0 Å². The van der Waals surface area contributed by atoms with E-state index >= 15 is 0 Å². The van der Waals surface area contributed by atoms with Crippen molar-refractivity contribution >= 4 is 17.5 Å². The second-order valence-corrected chi connectivity index (χ2v) is 8.57. The lowest BCUT2D eigenvalue weighted by molar-refractivity contribution is 0.0708. The van der Waals surface area contributed by atoms with Crippen LogP contribution < -0.4 is 4.90 Å². The first-order valence-electron chi connectivity index (χ1n) is 11.6. The quantitative estimate of drug-likeness (QED) is 0.615. The number of benzene rings is 1. The Morgan fingerprint density at radius 1 is 0.970 bits per heavy atom. The number of aryl methyl sites for hydroxylation is 2. The molecule has 1 fully saturated rings. The monoisotopic (exact) mass is 447 g/mol. The van der Waals surface area contributed by atoms with Crippen molar-refractivity contribution in [1.29, 1.82) is 0 Å². The van der Waals surface area contributed by atoms with Gasteiger partial charge in [0.1, 0.15) is 5.76 Å². The van der Waals surface area contributed by atoms with Crippen LogP contribution in [0.2, 0.25) is 0 Å². The number of amides is 2. The third-order valence-corrected chi connectivity index (χ3v) is 6.70. The number of furan rings is 1. The number of piperazine rings is 1. The highest BCUT2D eigenvalue weighted by molar-refractivity contribution is 5.97. The Bertz CT molecular complexity index is 1160. The van der Waals surface area contributed by atoms with Gasteiger partial charge in [0, 0.05) is 62.6 Å². The van der Waals surface area contributed by atoms with Crippen molar-refractivity contribution in [2.75, 3.05) is 37.6 Å². The highest BCUT2D eigenvalue weighted by atomic mass is 16.3. The van der Waals surface area contributed by atoms with Crippen molar-refractivity contribution in [3.8, 4) is 0 Å². The summed E-state index contributed by atoms with van der Waals surface area (Å²) in [6.07, 6.45) is 2.23. The summed E-state index contributed by atoms with van der Waals surface area (Å²) >= 11 is 0. The van der Waals surface area contributed by atoms with E-state index in [4.69, 9.17) is 9.52 Å². The lowest BCUT2D eigenvalue weighted by atomic mass is 10.0. The van der Waals surface area contributed by atoms with Crippen LogP contribution in [0.15, 0.2) is 47.1 Å². The number of nitrogens with zero attached hydrogens (tertiary/aromatic N) is 5. The zero-order valence-electron chi connectivity index (χ0n) is 19.2. The fourth-order valence-corrected chi connectivity index (χ4v) is 4.83. The largest absolute Gasteiger partial charge is 0.469 e. The highest BCUT2D eigenvalue weighted by Gasteiger charge is 2.33. The standard InChI is InChI=1S/C25H29N5O3/c1-3-30-22-9-11-29(24(31)20-10-16-33-18(20)2)17-21(22)23(26-30)25(32)28-14-12-27(13-15-28)19-7-5-4-6-8-19/h4-8,10,16H,3,9,11-15,17H2,1-2H3. The fraction of sp³-hybridized carbons (Fsp3) is 0.400. The number of anilines is 1. The zero-order chi connectivity index (χ0) is 22.9. The first-order chi connectivity index (χ1) is 16.1. The first kappa shape index (κ1) is 21.3. The third kappa shape index (κ3) is 3.90. The molecule has 0 bridgehead atoms. The van der Waals surface area contributed by atoms with Crippen LogP contribution in [0.4, 0.5) is 5.69 Å². The number of carbonyl (C=O) groups excluding carboxylic acids is 2. The average Bonchev–Trinajstić information content (AvgIpc) is 3.46. The van der Waals surface area contributed by atoms with Crippen LogP contribution in [0.3, 0.4) is 0 Å². The Balaban J connectivity index is 1.34. The molecule has 0 saturated carbocycles. The van der Waals surface area contributed by atoms with Gasteiger partial charge in [-0.2, -0.15) is 5.10 Å². The summed E-state index contributed by atoms with van der Waals surface area (Å²) < 4.78 is 7.24. The van der Waals surface area contributed by atoms with Crippen molar-refractivity contribution < 1.29 is 14.0 Å². The summed E-state index contributed by atoms with van der Waals surface area (Å²) in [5.74, 6) is 0.508. The number of fused-ring (bicyclic) bond motifs is 1. The van der Waals surface area contributed by atoms with Gasteiger partial charge in [-0.15, -0.1) is 0 Å². The summed E-state index contributed by atoms with van der Waals surface area (Å²) in [7, 11) is 0. The molecule has 2 aliphatic heterocycles. The fourth-order valence-electron chi connectivity index (χ4n) is 4.83. The molecule has 1 aromatic carbocycles. The number of carbonyl (C=O) groups is 2. The molecular weight excluding hydrogens is 418 g/mol. The number of para-hydroxylation sites is 1. The molecular formula is C25H29N5O3. The second kappa shape index (κ2) is 8.77. The van der Waals surface area contributed by atoms with Gasteiger partial charge in [-0.3, -0.25) is 14.3 Å². The van der Waals surface area contributed by atoms with Crippen LogP contribution in [-0.4, -0.2) is 64.1 Å². The SMILES string of the molecule is CCn1nc(C(=O)N2CCN(c3ccccc3)CC2)c2c1CCN(C(=O)c1ccoc1C)C2. The first-order valence-corrected chi connectivity index (χ1v) is 11.6. The molecule has 1 saturated heterocycles. The number of hydrogen-bond donors (Lipinski definition) is 0. The molecule has 0 spiro atoms. The maximum absolute atomic E-state index is 13.5. The van der Waals surface area contributed by atoms with E-state index < -0.39 is 0 Å². The molecule has 2 amide bonds. The van der Waals surface area contributed by atoms with E-state index in [1.165, 1.54) is 12.0 Å². The Kier molecular flexibility index (Phi) is 5.66. The van der Waals surface area contributed by atoms with E-state index in [2.05, 4.69) is 17.0 Å². The Morgan fingerprint density at radius 2 is 1.73 bits per heavy atom. The van der Waals surface area contributed by atoms with Crippen LogP contribution in [0.5, 0.6) is 0 Å². The van der Waals surface area contributed by atoms with E-state index in [1.54, 1.807) is 17.9 Å². The smallest absolute Gasteiger partial charge is 0.274 e. The van der Waals surface area contributed by atoms with Gasteiger partial charge in [0.2, 0.25) is 0 Å². The minimum atomic E-state index is -0.0639. The maximum atomic E-state index is 13.5. The minimum Gasteiger partial charge on any atom is -0.469 e. The molecule has 2 aromatic heterocycles. The average molecular weight is 448 g/mol. The van der Waals surface area contributed by atoms with Crippen molar-refractivity contribution in [1.82, 2.24) is 19.6 Å². The normalized spacial score (nSPS) is 16.1. The topological polar surface area (TPSA) is 74.8 Å².